The van der Waals surface area contributed by atoms with Crippen LogP contribution in [0.3, 0.4) is 0 Å². The van der Waals surface area contributed by atoms with E-state index in [0.717, 1.165) is 0 Å². The Morgan fingerprint density at radius 2 is 2.33 bits per heavy atom. The van der Waals surface area contributed by atoms with E-state index in [1.807, 2.05) is 11.8 Å². The van der Waals surface area contributed by atoms with Gasteiger partial charge in [-0.2, -0.15) is 0 Å². The van der Waals surface area contributed by atoms with Crippen molar-refractivity contribution in [2.45, 2.75) is 26.3 Å². The molecule has 0 aliphatic carbocycles. The molecule has 1 atom stereocenters. The maximum absolute atomic E-state index is 3.37. The molecular formula is C7H13NS. The second kappa shape index (κ2) is 2.65. The van der Waals surface area contributed by atoms with Crippen molar-refractivity contribution < 1.29 is 0 Å². The zero-order valence-electron chi connectivity index (χ0n) is 6.19. The number of thioether (sulfide) groups is 1. The van der Waals surface area contributed by atoms with Crippen LogP contribution in [-0.4, -0.2) is 12.3 Å². The first-order valence-electron chi connectivity index (χ1n) is 3.31. The van der Waals surface area contributed by atoms with Crippen LogP contribution in [0.5, 0.6) is 0 Å². The van der Waals surface area contributed by atoms with Gasteiger partial charge in [0, 0.05) is 0 Å². The summed E-state index contributed by atoms with van der Waals surface area (Å²) in [5, 5.41) is 4.75. The van der Waals surface area contributed by atoms with Crippen LogP contribution in [0, 0.1) is 0 Å². The molecule has 52 valence electrons. The standard InChI is InChI=1S/C7H13NS/c1-4-6-5(2)7(8-6)9-3/h6,8H,4H2,1-3H3/t6-/m1/s1. The SMILES string of the molecule is CC[C@H]1NC(SC)=C1C. The predicted molar refractivity (Wildman–Crippen MR) is 43.4 cm³/mol. The van der Waals surface area contributed by atoms with Gasteiger partial charge < -0.3 is 5.32 Å². The number of rotatable bonds is 2. The van der Waals surface area contributed by atoms with Gasteiger partial charge in [-0.3, -0.25) is 0 Å². The van der Waals surface area contributed by atoms with Crippen LogP contribution < -0.4 is 5.32 Å². The van der Waals surface area contributed by atoms with Gasteiger partial charge in [-0.1, -0.05) is 6.92 Å². The lowest BCUT2D eigenvalue weighted by Crippen LogP contribution is -2.38. The monoisotopic (exact) mass is 143 g/mol. The van der Waals surface area contributed by atoms with Crippen molar-refractivity contribution >= 4 is 11.8 Å². The molecule has 1 rings (SSSR count). The minimum atomic E-state index is 0.674. The summed E-state index contributed by atoms with van der Waals surface area (Å²) in [6, 6.07) is 0.674. The topological polar surface area (TPSA) is 12.0 Å². The van der Waals surface area contributed by atoms with E-state index in [-0.39, 0.29) is 0 Å². The molecule has 0 aromatic carbocycles. The molecule has 9 heavy (non-hydrogen) atoms. The van der Waals surface area contributed by atoms with E-state index in [0.29, 0.717) is 6.04 Å². The van der Waals surface area contributed by atoms with Gasteiger partial charge in [0.2, 0.25) is 0 Å². The average Bonchev–Trinajstić information content (AvgIpc) is 1.87. The molecular weight excluding hydrogens is 130 g/mol. The van der Waals surface area contributed by atoms with Crippen LogP contribution in [0.4, 0.5) is 0 Å². The Balaban J connectivity index is 2.51. The molecule has 0 bridgehead atoms. The third kappa shape index (κ3) is 1.08. The maximum atomic E-state index is 3.37. The van der Waals surface area contributed by atoms with E-state index in [9.17, 15) is 0 Å². The van der Waals surface area contributed by atoms with E-state index < -0.39 is 0 Å². The molecule has 2 heteroatoms. The van der Waals surface area contributed by atoms with Gasteiger partial charge in [0.15, 0.2) is 0 Å². The van der Waals surface area contributed by atoms with Gasteiger partial charge in [-0.15, -0.1) is 11.8 Å². The van der Waals surface area contributed by atoms with Crippen LogP contribution in [0.1, 0.15) is 20.3 Å². The molecule has 0 spiro atoms. The van der Waals surface area contributed by atoms with Gasteiger partial charge in [0.1, 0.15) is 0 Å². The lowest BCUT2D eigenvalue weighted by atomic mass is 10.0. The lowest BCUT2D eigenvalue weighted by molar-refractivity contribution is 0.568. The second-order valence-corrected chi connectivity index (χ2v) is 3.14. The average molecular weight is 143 g/mol. The van der Waals surface area contributed by atoms with Gasteiger partial charge >= 0.3 is 0 Å². The van der Waals surface area contributed by atoms with Gasteiger partial charge in [-0.25, -0.2) is 0 Å². The van der Waals surface area contributed by atoms with Gasteiger partial charge in [-0.05, 0) is 25.2 Å². The summed E-state index contributed by atoms with van der Waals surface area (Å²) < 4.78 is 0. The fraction of sp³-hybridized carbons (Fsp3) is 0.714. The first-order chi connectivity index (χ1) is 4.29. The van der Waals surface area contributed by atoms with Crippen LogP contribution in [0.25, 0.3) is 0 Å². The summed E-state index contributed by atoms with van der Waals surface area (Å²) in [6.45, 7) is 4.41. The van der Waals surface area contributed by atoms with Crippen molar-refractivity contribution in [3.05, 3.63) is 10.6 Å². The van der Waals surface area contributed by atoms with Crippen molar-refractivity contribution in [3.63, 3.8) is 0 Å². The summed E-state index contributed by atoms with van der Waals surface area (Å²) in [5.41, 5.74) is 1.53. The minimum absolute atomic E-state index is 0.674. The Bertz CT molecular complexity index is 140. The molecule has 0 saturated carbocycles. The first kappa shape index (κ1) is 7.00. The highest BCUT2D eigenvalue weighted by atomic mass is 32.2. The molecule has 0 radical (unpaired) electrons. The summed E-state index contributed by atoms with van der Waals surface area (Å²) in [6.07, 6.45) is 3.33. The minimum Gasteiger partial charge on any atom is -0.373 e. The lowest BCUT2D eigenvalue weighted by Gasteiger charge is -2.32. The van der Waals surface area contributed by atoms with Crippen LogP contribution in [0.15, 0.2) is 10.6 Å². The molecule has 0 saturated heterocycles. The second-order valence-electron chi connectivity index (χ2n) is 2.32. The number of hydrogen-bond donors (Lipinski definition) is 1. The first-order valence-corrected chi connectivity index (χ1v) is 4.53. The zero-order chi connectivity index (χ0) is 6.85. The van der Waals surface area contributed by atoms with E-state index in [2.05, 4.69) is 25.4 Å². The van der Waals surface area contributed by atoms with E-state index in [1.165, 1.54) is 17.0 Å². The van der Waals surface area contributed by atoms with Gasteiger partial charge in [0.25, 0.3) is 0 Å². The highest BCUT2D eigenvalue weighted by Crippen LogP contribution is 2.27. The third-order valence-electron chi connectivity index (χ3n) is 1.80. The molecule has 1 nitrogen and oxygen atoms in total. The van der Waals surface area contributed by atoms with Crippen LogP contribution in [0.2, 0.25) is 0 Å². The van der Waals surface area contributed by atoms with E-state index in [4.69, 9.17) is 0 Å². The number of nitrogens with one attached hydrogen (secondary N) is 1. The summed E-state index contributed by atoms with van der Waals surface area (Å²) in [7, 11) is 0. The van der Waals surface area contributed by atoms with E-state index >= 15 is 0 Å². The Morgan fingerprint density at radius 3 is 2.67 bits per heavy atom. The third-order valence-corrected chi connectivity index (χ3v) is 2.65. The molecule has 0 unspecified atom stereocenters. The molecule has 0 fully saturated rings. The quantitative estimate of drug-likeness (QED) is 0.634. The van der Waals surface area contributed by atoms with Gasteiger partial charge in [0.05, 0.1) is 11.1 Å². The van der Waals surface area contributed by atoms with Crippen LogP contribution >= 0.6 is 11.8 Å². The van der Waals surface area contributed by atoms with Crippen molar-refractivity contribution in [1.82, 2.24) is 5.32 Å². The summed E-state index contributed by atoms with van der Waals surface area (Å²) in [4.78, 5) is 0. The van der Waals surface area contributed by atoms with Crippen molar-refractivity contribution in [2.75, 3.05) is 6.26 Å². The maximum Gasteiger partial charge on any atom is 0.0693 e. The van der Waals surface area contributed by atoms with Crippen LogP contribution in [-0.2, 0) is 0 Å². The molecule has 1 N–H and O–H groups in total. The molecule has 1 heterocycles. The zero-order valence-corrected chi connectivity index (χ0v) is 7.01. The molecule has 1 aliphatic rings. The fourth-order valence-corrected chi connectivity index (χ4v) is 1.81. The Kier molecular flexibility index (Phi) is 2.06. The highest BCUT2D eigenvalue weighted by Gasteiger charge is 2.21. The van der Waals surface area contributed by atoms with Crippen molar-refractivity contribution in [2.24, 2.45) is 0 Å². The summed E-state index contributed by atoms with van der Waals surface area (Å²) in [5.74, 6) is 0. The molecule has 1 aliphatic heterocycles. The summed E-state index contributed by atoms with van der Waals surface area (Å²) >= 11 is 1.81. The number of hydrogen-bond acceptors (Lipinski definition) is 2. The predicted octanol–water partition coefficient (Wildman–Crippen LogP) is 1.96. The smallest absolute Gasteiger partial charge is 0.0693 e. The van der Waals surface area contributed by atoms with E-state index in [1.54, 1.807) is 0 Å². The van der Waals surface area contributed by atoms with Crippen molar-refractivity contribution in [3.8, 4) is 0 Å². The fourth-order valence-electron chi connectivity index (χ4n) is 1.09. The largest absolute Gasteiger partial charge is 0.373 e. The molecule has 0 aromatic heterocycles. The molecule has 0 amide bonds. The normalized spacial score (nSPS) is 25.4. The Morgan fingerprint density at radius 1 is 1.67 bits per heavy atom. The Labute approximate surface area is 60.9 Å². The molecule has 0 aromatic rings. The van der Waals surface area contributed by atoms with Crippen molar-refractivity contribution in [1.29, 1.82) is 0 Å². The highest BCUT2D eigenvalue weighted by molar-refractivity contribution is 8.02. The Hall–Kier alpha value is -0.110.